The lowest BCUT2D eigenvalue weighted by atomic mass is 9.87. The van der Waals surface area contributed by atoms with Crippen LogP contribution in [0.5, 0.6) is 0 Å². The minimum atomic E-state index is -0.560. The van der Waals surface area contributed by atoms with Gasteiger partial charge in [-0.1, -0.05) is 18.2 Å². The summed E-state index contributed by atoms with van der Waals surface area (Å²) in [5.74, 6) is 0.0823. The second kappa shape index (κ2) is 7.18. The first-order chi connectivity index (χ1) is 11.6. The van der Waals surface area contributed by atoms with Crippen molar-refractivity contribution in [3.05, 3.63) is 53.3 Å². The fraction of sp³-hybridized carbons (Fsp3) is 0.474. The third-order valence-electron chi connectivity index (χ3n) is 5.10. The Kier molecular flexibility index (Phi) is 5.00. The third-order valence-corrected chi connectivity index (χ3v) is 5.10. The van der Waals surface area contributed by atoms with Crippen LogP contribution in [0.15, 0.2) is 36.7 Å². The molecule has 128 valence electrons. The van der Waals surface area contributed by atoms with Crippen LogP contribution in [0.3, 0.4) is 0 Å². The molecule has 1 aliphatic heterocycles. The number of rotatable bonds is 5. The number of hydrogen-bond acceptors (Lipinski definition) is 3. The van der Waals surface area contributed by atoms with Gasteiger partial charge in [0.2, 0.25) is 5.91 Å². The summed E-state index contributed by atoms with van der Waals surface area (Å²) in [6.45, 7) is 6.58. The predicted molar refractivity (Wildman–Crippen MR) is 94.9 cm³/mol. The molecule has 0 atom stereocenters. The molecular weight excluding hydrogens is 300 g/mol. The Morgan fingerprint density at radius 3 is 2.58 bits per heavy atom. The minimum absolute atomic E-state index is 0.0823. The largest absolute Gasteiger partial charge is 0.354 e. The summed E-state index contributed by atoms with van der Waals surface area (Å²) < 4.78 is 1.84. The van der Waals surface area contributed by atoms with Crippen LogP contribution >= 0.6 is 0 Å². The van der Waals surface area contributed by atoms with Crippen LogP contribution in [0.4, 0.5) is 0 Å². The molecule has 5 heteroatoms. The molecule has 1 saturated heterocycles. The Hall–Kier alpha value is -2.14. The monoisotopic (exact) mass is 326 g/mol. The molecule has 0 bridgehead atoms. The van der Waals surface area contributed by atoms with Crippen LogP contribution in [0.1, 0.15) is 29.5 Å². The SMILES string of the molecule is Cc1cccc(C)c1CCNC(=O)C1(n2cccn2)CCNCC1. The van der Waals surface area contributed by atoms with E-state index < -0.39 is 5.54 Å². The maximum absolute atomic E-state index is 13.0. The molecule has 1 aromatic carbocycles. The van der Waals surface area contributed by atoms with Crippen molar-refractivity contribution in [2.45, 2.75) is 38.6 Å². The fourth-order valence-electron chi connectivity index (χ4n) is 3.63. The van der Waals surface area contributed by atoms with Crippen LogP contribution < -0.4 is 10.6 Å². The first-order valence-electron chi connectivity index (χ1n) is 8.68. The minimum Gasteiger partial charge on any atom is -0.354 e. The molecule has 2 heterocycles. The number of hydrogen-bond donors (Lipinski definition) is 2. The summed E-state index contributed by atoms with van der Waals surface area (Å²) in [6.07, 6.45) is 6.04. The van der Waals surface area contributed by atoms with Gasteiger partial charge < -0.3 is 10.6 Å². The molecule has 1 aliphatic rings. The van der Waals surface area contributed by atoms with Crippen molar-refractivity contribution in [3.8, 4) is 0 Å². The van der Waals surface area contributed by atoms with Gasteiger partial charge in [-0.05, 0) is 69.0 Å². The van der Waals surface area contributed by atoms with Gasteiger partial charge >= 0.3 is 0 Å². The lowest BCUT2D eigenvalue weighted by Gasteiger charge is -2.36. The molecule has 3 rings (SSSR count). The van der Waals surface area contributed by atoms with Crippen LogP contribution in [0.2, 0.25) is 0 Å². The zero-order valence-corrected chi connectivity index (χ0v) is 14.5. The van der Waals surface area contributed by atoms with Gasteiger partial charge in [0, 0.05) is 18.9 Å². The van der Waals surface area contributed by atoms with Gasteiger partial charge in [0.15, 0.2) is 0 Å². The van der Waals surface area contributed by atoms with E-state index in [0.29, 0.717) is 6.54 Å². The van der Waals surface area contributed by atoms with Gasteiger partial charge in [0.25, 0.3) is 0 Å². The Morgan fingerprint density at radius 2 is 1.96 bits per heavy atom. The van der Waals surface area contributed by atoms with Crippen LogP contribution in [-0.2, 0) is 16.8 Å². The summed E-state index contributed by atoms with van der Waals surface area (Å²) >= 11 is 0. The molecule has 0 unspecified atom stereocenters. The fourth-order valence-corrected chi connectivity index (χ4v) is 3.63. The van der Waals surface area contributed by atoms with Gasteiger partial charge in [-0.2, -0.15) is 5.10 Å². The summed E-state index contributed by atoms with van der Waals surface area (Å²) in [7, 11) is 0. The van der Waals surface area contributed by atoms with Crippen molar-refractivity contribution < 1.29 is 4.79 Å². The van der Waals surface area contributed by atoms with E-state index in [0.717, 1.165) is 32.4 Å². The normalized spacial score (nSPS) is 16.8. The number of carbonyl (C=O) groups is 1. The molecule has 0 spiro atoms. The predicted octanol–water partition coefficient (Wildman–Crippen LogP) is 1.94. The maximum atomic E-state index is 13.0. The highest BCUT2D eigenvalue weighted by atomic mass is 16.2. The first-order valence-corrected chi connectivity index (χ1v) is 8.68. The molecule has 1 aromatic heterocycles. The zero-order valence-electron chi connectivity index (χ0n) is 14.5. The second-order valence-corrected chi connectivity index (χ2v) is 6.61. The zero-order chi connectivity index (χ0) is 17.0. The van der Waals surface area contributed by atoms with Crippen molar-refractivity contribution in [1.82, 2.24) is 20.4 Å². The van der Waals surface area contributed by atoms with Crippen molar-refractivity contribution >= 4 is 5.91 Å². The lowest BCUT2D eigenvalue weighted by Crippen LogP contribution is -2.54. The topological polar surface area (TPSA) is 59.0 Å². The summed E-state index contributed by atoms with van der Waals surface area (Å²) in [5, 5.41) is 10.8. The number of benzene rings is 1. The van der Waals surface area contributed by atoms with Gasteiger partial charge in [0.05, 0.1) is 0 Å². The summed E-state index contributed by atoms with van der Waals surface area (Å²) in [4.78, 5) is 13.0. The molecule has 0 saturated carbocycles. The van der Waals surface area contributed by atoms with Gasteiger partial charge in [-0.25, -0.2) is 0 Å². The molecule has 1 amide bonds. The molecule has 0 aliphatic carbocycles. The van der Waals surface area contributed by atoms with Crippen LogP contribution in [0, 0.1) is 13.8 Å². The maximum Gasteiger partial charge on any atom is 0.248 e. The molecule has 24 heavy (non-hydrogen) atoms. The molecule has 1 fully saturated rings. The van der Waals surface area contributed by atoms with E-state index in [-0.39, 0.29) is 5.91 Å². The number of piperidine rings is 1. The van der Waals surface area contributed by atoms with Crippen LogP contribution in [-0.4, -0.2) is 35.3 Å². The highest BCUT2D eigenvalue weighted by Gasteiger charge is 2.41. The summed E-state index contributed by atoms with van der Waals surface area (Å²) in [5.41, 5.74) is 3.34. The van der Waals surface area contributed by atoms with Crippen LogP contribution in [0.25, 0.3) is 0 Å². The Balaban J connectivity index is 1.69. The first kappa shape index (κ1) is 16.7. The summed E-state index contributed by atoms with van der Waals surface area (Å²) in [6, 6.07) is 8.21. The number of carbonyl (C=O) groups excluding carboxylic acids is 1. The van der Waals surface area contributed by atoms with Crippen molar-refractivity contribution in [3.63, 3.8) is 0 Å². The van der Waals surface area contributed by atoms with E-state index >= 15 is 0 Å². The number of nitrogens with zero attached hydrogens (tertiary/aromatic N) is 2. The van der Waals surface area contributed by atoms with E-state index in [2.05, 4.69) is 47.8 Å². The molecule has 2 aromatic rings. The molecule has 0 radical (unpaired) electrons. The average Bonchev–Trinajstić information content (AvgIpc) is 3.13. The number of aryl methyl sites for hydroxylation is 2. The van der Waals surface area contributed by atoms with E-state index in [1.807, 2.05) is 16.9 Å². The Morgan fingerprint density at radius 1 is 1.25 bits per heavy atom. The molecule has 2 N–H and O–H groups in total. The van der Waals surface area contributed by atoms with E-state index in [9.17, 15) is 4.79 Å². The number of amides is 1. The quantitative estimate of drug-likeness (QED) is 0.883. The van der Waals surface area contributed by atoms with Gasteiger partial charge in [-0.15, -0.1) is 0 Å². The highest BCUT2D eigenvalue weighted by Crippen LogP contribution is 2.27. The molecule has 5 nitrogen and oxygen atoms in total. The van der Waals surface area contributed by atoms with Gasteiger partial charge in [-0.3, -0.25) is 9.48 Å². The average molecular weight is 326 g/mol. The Labute approximate surface area is 143 Å². The van der Waals surface area contributed by atoms with E-state index in [1.54, 1.807) is 6.20 Å². The highest BCUT2D eigenvalue weighted by molar-refractivity contribution is 5.84. The third kappa shape index (κ3) is 3.22. The smallest absolute Gasteiger partial charge is 0.248 e. The van der Waals surface area contributed by atoms with Crippen molar-refractivity contribution in [2.75, 3.05) is 19.6 Å². The Bertz CT molecular complexity index is 667. The van der Waals surface area contributed by atoms with Crippen molar-refractivity contribution in [2.24, 2.45) is 0 Å². The van der Waals surface area contributed by atoms with E-state index in [4.69, 9.17) is 0 Å². The standard InChI is InChI=1S/C19H26N4O/c1-15-5-3-6-16(2)17(15)7-11-21-18(24)19(8-12-20-13-9-19)23-14-4-10-22-23/h3-6,10,14,20H,7-9,11-13H2,1-2H3,(H,21,24). The van der Waals surface area contributed by atoms with Gasteiger partial charge in [0.1, 0.15) is 5.54 Å². The number of nitrogens with one attached hydrogen (secondary N) is 2. The van der Waals surface area contributed by atoms with E-state index in [1.165, 1.54) is 16.7 Å². The van der Waals surface area contributed by atoms with Crippen molar-refractivity contribution in [1.29, 1.82) is 0 Å². The lowest BCUT2D eigenvalue weighted by molar-refractivity contribution is -0.131. The molecular formula is C19H26N4O. The second-order valence-electron chi connectivity index (χ2n) is 6.61. The number of aromatic nitrogens is 2.